The van der Waals surface area contributed by atoms with Crippen molar-refractivity contribution in [2.75, 3.05) is 5.73 Å². The highest BCUT2D eigenvalue weighted by molar-refractivity contribution is 6.25. The Labute approximate surface area is 153 Å². The first-order valence-corrected chi connectivity index (χ1v) is 8.07. The first-order valence-electron chi connectivity index (χ1n) is 8.07. The zero-order chi connectivity index (χ0) is 19.7. The maximum atomic E-state index is 12.8. The van der Waals surface area contributed by atoms with Gasteiger partial charge in [0.2, 0.25) is 0 Å². The molecule has 0 radical (unpaired) electrons. The molecule has 2 heterocycles. The summed E-state index contributed by atoms with van der Waals surface area (Å²) in [5.41, 5.74) is 6.65. The number of fused-ring (bicyclic) bond motifs is 1. The Kier molecular flexibility index (Phi) is 4.68. The molecule has 1 aromatic carbocycles. The second-order valence-electron chi connectivity index (χ2n) is 6.08. The minimum absolute atomic E-state index is 0.00210. The van der Waals surface area contributed by atoms with Gasteiger partial charge in [0.15, 0.2) is 0 Å². The fourth-order valence-electron chi connectivity index (χ4n) is 3.08. The van der Waals surface area contributed by atoms with Crippen molar-refractivity contribution in [1.82, 2.24) is 4.90 Å². The van der Waals surface area contributed by atoms with Crippen molar-refractivity contribution < 1.29 is 33.8 Å². The van der Waals surface area contributed by atoms with Crippen molar-refractivity contribution in [2.45, 2.75) is 25.3 Å². The molecule has 1 aromatic heterocycles. The van der Waals surface area contributed by atoms with Crippen LogP contribution in [0.3, 0.4) is 0 Å². The zero-order valence-electron chi connectivity index (χ0n) is 14.0. The van der Waals surface area contributed by atoms with E-state index < -0.39 is 42.6 Å². The third-order valence-corrected chi connectivity index (χ3v) is 4.39. The monoisotopic (exact) mass is 372 g/mol. The van der Waals surface area contributed by atoms with Gasteiger partial charge in [0, 0.05) is 18.5 Å². The minimum atomic E-state index is -1.58. The quantitative estimate of drug-likeness (QED) is 0.487. The number of nitrogens with zero attached hydrogens (tertiary/aromatic N) is 1. The molecule has 0 saturated heterocycles. The Hall–Kier alpha value is -3.62. The standard InChI is InChI=1S/C18H16N2O7/c19-15-9(8-10-2-1-7-27-10)3-4-11-14(15)17(24)20(16(11)23)12(18(25)26)5-6-13(21)22/h1-4,7,12H,5-6,8,19H2,(H,21,22)(H,25,26). The lowest BCUT2D eigenvalue weighted by molar-refractivity contribution is -0.142. The van der Waals surface area contributed by atoms with Crippen LogP contribution >= 0.6 is 0 Å². The van der Waals surface area contributed by atoms with Gasteiger partial charge in [0.25, 0.3) is 11.8 Å². The number of hydrogen-bond acceptors (Lipinski definition) is 6. The summed E-state index contributed by atoms with van der Waals surface area (Å²) >= 11 is 0. The van der Waals surface area contributed by atoms with Crippen LogP contribution in [0.5, 0.6) is 0 Å². The molecule has 1 aliphatic heterocycles. The SMILES string of the molecule is Nc1c(Cc2ccco2)ccc2c1C(=O)N(C(CCC(=O)O)C(=O)O)C2=O. The van der Waals surface area contributed by atoms with E-state index in [9.17, 15) is 24.3 Å². The fourth-order valence-corrected chi connectivity index (χ4v) is 3.08. The van der Waals surface area contributed by atoms with Crippen molar-refractivity contribution in [3.63, 3.8) is 0 Å². The topological polar surface area (TPSA) is 151 Å². The van der Waals surface area contributed by atoms with Crippen LogP contribution in [0.1, 0.15) is 44.9 Å². The summed E-state index contributed by atoms with van der Waals surface area (Å²) < 4.78 is 5.25. The van der Waals surface area contributed by atoms with Crippen molar-refractivity contribution in [2.24, 2.45) is 0 Å². The van der Waals surface area contributed by atoms with Gasteiger partial charge in [-0.2, -0.15) is 0 Å². The molecule has 0 spiro atoms. The summed E-state index contributed by atoms with van der Waals surface area (Å²) in [6.07, 6.45) is 0.906. The Morgan fingerprint density at radius 1 is 1.15 bits per heavy atom. The number of carbonyl (C=O) groups excluding carboxylic acids is 2. The van der Waals surface area contributed by atoms with Gasteiger partial charge in [-0.05, 0) is 30.2 Å². The van der Waals surface area contributed by atoms with E-state index in [0.29, 0.717) is 22.6 Å². The van der Waals surface area contributed by atoms with Gasteiger partial charge in [-0.1, -0.05) is 6.07 Å². The molecule has 0 fully saturated rings. The third kappa shape index (κ3) is 3.26. The average molecular weight is 372 g/mol. The summed E-state index contributed by atoms with van der Waals surface area (Å²) in [5.74, 6) is -3.71. The second-order valence-corrected chi connectivity index (χ2v) is 6.08. The molecule has 0 aliphatic carbocycles. The van der Waals surface area contributed by atoms with Gasteiger partial charge in [-0.3, -0.25) is 19.3 Å². The maximum Gasteiger partial charge on any atom is 0.326 e. The van der Waals surface area contributed by atoms with Gasteiger partial charge in [-0.15, -0.1) is 0 Å². The number of amides is 2. The van der Waals surface area contributed by atoms with Crippen LogP contribution in [0, 0.1) is 0 Å². The van der Waals surface area contributed by atoms with Crippen molar-refractivity contribution in [3.8, 4) is 0 Å². The number of benzene rings is 1. The Bertz CT molecular complexity index is 933. The van der Waals surface area contributed by atoms with Gasteiger partial charge in [0.1, 0.15) is 11.8 Å². The number of carboxylic acids is 2. The molecule has 9 heteroatoms. The van der Waals surface area contributed by atoms with Crippen molar-refractivity contribution in [3.05, 3.63) is 53.0 Å². The lowest BCUT2D eigenvalue weighted by Gasteiger charge is -2.21. The molecule has 140 valence electrons. The Morgan fingerprint density at radius 2 is 1.89 bits per heavy atom. The molecule has 1 atom stereocenters. The van der Waals surface area contributed by atoms with Crippen LogP contribution < -0.4 is 5.73 Å². The molecule has 0 bridgehead atoms. The van der Waals surface area contributed by atoms with Crippen molar-refractivity contribution >= 4 is 29.4 Å². The van der Waals surface area contributed by atoms with Crippen LogP contribution in [-0.4, -0.2) is 44.9 Å². The van der Waals surface area contributed by atoms with E-state index in [4.69, 9.17) is 15.3 Å². The van der Waals surface area contributed by atoms with E-state index in [1.54, 1.807) is 18.2 Å². The molecule has 0 saturated carbocycles. The molecule has 2 aromatic rings. The Balaban J connectivity index is 1.95. The van der Waals surface area contributed by atoms with Gasteiger partial charge >= 0.3 is 11.9 Å². The molecule has 27 heavy (non-hydrogen) atoms. The molecule has 3 rings (SSSR count). The highest BCUT2D eigenvalue weighted by Crippen LogP contribution is 2.33. The van der Waals surface area contributed by atoms with Gasteiger partial charge in [-0.25, -0.2) is 4.79 Å². The number of aliphatic carboxylic acids is 2. The molecule has 1 aliphatic rings. The van der Waals surface area contributed by atoms with E-state index in [-0.39, 0.29) is 16.8 Å². The summed E-state index contributed by atoms with van der Waals surface area (Å²) in [5, 5.41) is 18.2. The number of anilines is 1. The Morgan fingerprint density at radius 3 is 2.48 bits per heavy atom. The highest BCUT2D eigenvalue weighted by atomic mass is 16.4. The number of hydrogen-bond donors (Lipinski definition) is 3. The fraction of sp³-hybridized carbons (Fsp3) is 0.222. The third-order valence-electron chi connectivity index (χ3n) is 4.39. The van der Waals surface area contributed by atoms with Gasteiger partial charge in [0.05, 0.1) is 17.4 Å². The van der Waals surface area contributed by atoms with E-state index in [2.05, 4.69) is 0 Å². The zero-order valence-corrected chi connectivity index (χ0v) is 14.0. The number of nitrogen functional groups attached to an aromatic ring is 1. The molecular formula is C18H16N2O7. The predicted octanol–water partition coefficient (Wildman–Crippen LogP) is 1.37. The van der Waals surface area contributed by atoms with Crippen LogP contribution in [0.15, 0.2) is 34.9 Å². The average Bonchev–Trinajstić information content (AvgIpc) is 3.19. The summed E-state index contributed by atoms with van der Waals surface area (Å²) in [6.45, 7) is 0. The first kappa shape index (κ1) is 18.2. The molecular weight excluding hydrogens is 356 g/mol. The lowest BCUT2D eigenvalue weighted by Crippen LogP contribution is -2.45. The predicted molar refractivity (Wildman–Crippen MR) is 91.2 cm³/mol. The van der Waals surface area contributed by atoms with Gasteiger partial charge < -0.3 is 20.4 Å². The number of imide groups is 1. The molecule has 9 nitrogen and oxygen atoms in total. The maximum absolute atomic E-state index is 12.8. The number of furan rings is 1. The number of carboxylic acid groups (broad SMARTS) is 2. The largest absolute Gasteiger partial charge is 0.481 e. The van der Waals surface area contributed by atoms with Crippen LogP contribution in [0.4, 0.5) is 5.69 Å². The van der Waals surface area contributed by atoms with Crippen LogP contribution in [0.25, 0.3) is 0 Å². The lowest BCUT2D eigenvalue weighted by atomic mass is 10.00. The summed E-state index contributed by atoms with van der Waals surface area (Å²) in [4.78, 5) is 48.2. The second kappa shape index (κ2) is 6.94. The van der Waals surface area contributed by atoms with Crippen LogP contribution in [0.2, 0.25) is 0 Å². The van der Waals surface area contributed by atoms with E-state index in [1.807, 2.05) is 0 Å². The highest BCUT2D eigenvalue weighted by Gasteiger charge is 2.44. The van der Waals surface area contributed by atoms with E-state index in [0.717, 1.165) is 0 Å². The molecule has 4 N–H and O–H groups in total. The molecule has 1 unspecified atom stereocenters. The first-order chi connectivity index (χ1) is 12.8. The smallest absolute Gasteiger partial charge is 0.326 e. The van der Waals surface area contributed by atoms with E-state index >= 15 is 0 Å². The summed E-state index contributed by atoms with van der Waals surface area (Å²) in [6, 6.07) is 4.85. The number of carbonyl (C=O) groups is 4. The van der Waals surface area contributed by atoms with Crippen molar-refractivity contribution in [1.29, 1.82) is 0 Å². The normalized spacial score (nSPS) is 14.3. The number of rotatable bonds is 7. The molecule has 2 amide bonds. The van der Waals surface area contributed by atoms with Crippen LogP contribution in [-0.2, 0) is 16.0 Å². The minimum Gasteiger partial charge on any atom is -0.481 e. The van der Waals surface area contributed by atoms with E-state index in [1.165, 1.54) is 12.3 Å². The number of nitrogens with two attached hydrogens (primary N) is 1. The summed E-state index contributed by atoms with van der Waals surface area (Å²) in [7, 11) is 0.